The number of carbonyl (C=O) groups excluding carboxylic acids is 2. The van der Waals surface area contributed by atoms with Crippen LogP contribution in [0.4, 0.5) is 5.69 Å². The lowest BCUT2D eigenvalue weighted by Gasteiger charge is -2.32. The van der Waals surface area contributed by atoms with Gasteiger partial charge in [-0.05, 0) is 38.6 Å². The molecule has 1 aromatic carbocycles. The van der Waals surface area contributed by atoms with Crippen LogP contribution in [0.25, 0.3) is 0 Å². The van der Waals surface area contributed by atoms with Crippen molar-refractivity contribution in [1.82, 2.24) is 15.3 Å². The van der Waals surface area contributed by atoms with Gasteiger partial charge >= 0.3 is 11.8 Å². The average molecular weight is 304 g/mol. The molecular formula is C16H24N4O2. The maximum Gasteiger partial charge on any atom is 0.324 e. The molecule has 6 heteroatoms. The first-order chi connectivity index (χ1) is 10.5. The summed E-state index contributed by atoms with van der Waals surface area (Å²) in [4.78, 5) is 28.3. The van der Waals surface area contributed by atoms with Crippen LogP contribution in [0.5, 0.6) is 0 Å². The summed E-state index contributed by atoms with van der Waals surface area (Å²) in [6, 6.07) is 7.60. The predicted molar refractivity (Wildman–Crippen MR) is 86.4 cm³/mol. The van der Waals surface area contributed by atoms with Crippen LogP contribution < -0.4 is 10.3 Å². The number of piperazine rings is 1. The molecule has 1 aromatic rings. The first-order valence-corrected chi connectivity index (χ1v) is 7.64. The Morgan fingerprint density at radius 2 is 1.91 bits per heavy atom. The van der Waals surface area contributed by atoms with E-state index in [2.05, 4.69) is 10.3 Å². The van der Waals surface area contributed by atoms with Gasteiger partial charge in [0.2, 0.25) is 0 Å². The molecule has 1 N–H and O–H groups in total. The molecule has 1 fully saturated rings. The molecule has 0 atom stereocenters. The van der Waals surface area contributed by atoms with Gasteiger partial charge in [-0.3, -0.25) is 15.0 Å². The van der Waals surface area contributed by atoms with Gasteiger partial charge in [-0.1, -0.05) is 12.1 Å². The topological polar surface area (TPSA) is 55.9 Å². The van der Waals surface area contributed by atoms with E-state index >= 15 is 0 Å². The molecule has 0 aromatic heterocycles. The minimum atomic E-state index is -0.576. The molecule has 0 spiro atoms. The highest BCUT2D eigenvalue weighted by Gasteiger charge is 2.25. The summed E-state index contributed by atoms with van der Waals surface area (Å²) in [5.41, 5.74) is 4.52. The van der Waals surface area contributed by atoms with Gasteiger partial charge in [0.1, 0.15) is 0 Å². The number of amides is 2. The van der Waals surface area contributed by atoms with Gasteiger partial charge in [0.05, 0.1) is 0 Å². The number of hydrazine groups is 1. The predicted octanol–water partition coefficient (Wildman–Crippen LogP) is 0.627. The number of rotatable bonds is 3. The Morgan fingerprint density at radius 3 is 2.50 bits per heavy atom. The Hall–Kier alpha value is -1.92. The lowest BCUT2D eigenvalue weighted by Crippen LogP contribution is -2.55. The molecule has 0 unspecified atom stereocenters. The minimum Gasteiger partial charge on any atom is -0.304 e. The number of benzene rings is 1. The number of anilines is 1. The summed E-state index contributed by atoms with van der Waals surface area (Å²) in [6.07, 6.45) is 0. The zero-order valence-corrected chi connectivity index (χ0v) is 13.5. The standard InChI is InChI=1S/C16H24N4O2/c1-4-20(14-7-5-6-13(2)12-14)16(22)15(21)17-19-10-8-18(3)9-11-19/h5-7,12H,4,8-11H2,1-3H3,(H,17,21). The van der Waals surface area contributed by atoms with Crippen molar-refractivity contribution in [2.24, 2.45) is 0 Å². The average Bonchev–Trinajstić information content (AvgIpc) is 2.50. The molecule has 2 amide bonds. The van der Waals surface area contributed by atoms with Crippen LogP contribution in [0.2, 0.25) is 0 Å². The number of likely N-dealkylation sites (N-methyl/N-ethyl adjacent to an activating group) is 2. The van der Waals surface area contributed by atoms with Crippen LogP contribution in [-0.2, 0) is 9.59 Å². The van der Waals surface area contributed by atoms with E-state index < -0.39 is 11.8 Å². The molecule has 0 bridgehead atoms. The monoisotopic (exact) mass is 304 g/mol. The van der Waals surface area contributed by atoms with Crippen LogP contribution in [0.3, 0.4) is 0 Å². The third-order valence-electron chi connectivity index (χ3n) is 3.83. The molecule has 0 radical (unpaired) electrons. The molecule has 120 valence electrons. The number of nitrogens with zero attached hydrogens (tertiary/aromatic N) is 3. The summed E-state index contributed by atoms with van der Waals surface area (Å²) in [5.74, 6) is -1.10. The fourth-order valence-corrected chi connectivity index (χ4v) is 2.47. The first-order valence-electron chi connectivity index (χ1n) is 7.64. The Kier molecular flexibility index (Phi) is 5.51. The van der Waals surface area contributed by atoms with E-state index in [1.807, 2.05) is 50.2 Å². The van der Waals surface area contributed by atoms with E-state index in [1.165, 1.54) is 4.90 Å². The maximum absolute atomic E-state index is 12.4. The number of hydrogen-bond donors (Lipinski definition) is 1. The fourth-order valence-electron chi connectivity index (χ4n) is 2.47. The zero-order valence-electron chi connectivity index (χ0n) is 13.5. The maximum atomic E-state index is 12.4. The lowest BCUT2D eigenvalue weighted by atomic mass is 10.2. The Balaban J connectivity index is 2.00. The van der Waals surface area contributed by atoms with Crippen molar-refractivity contribution < 1.29 is 9.59 Å². The van der Waals surface area contributed by atoms with Gasteiger partial charge in [-0.25, -0.2) is 5.01 Å². The van der Waals surface area contributed by atoms with Gasteiger partial charge in [0.15, 0.2) is 0 Å². The number of aryl methyl sites for hydroxylation is 1. The highest BCUT2D eigenvalue weighted by Crippen LogP contribution is 2.16. The van der Waals surface area contributed by atoms with Crippen molar-refractivity contribution >= 4 is 17.5 Å². The van der Waals surface area contributed by atoms with Crippen molar-refractivity contribution in [3.63, 3.8) is 0 Å². The minimum absolute atomic E-state index is 0.457. The van der Waals surface area contributed by atoms with Gasteiger partial charge < -0.3 is 9.80 Å². The van der Waals surface area contributed by atoms with Crippen LogP contribution in [0.1, 0.15) is 12.5 Å². The Labute approximate surface area is 131 Å². The lowest BCUT2D eigenvalue weighted by molar-refractivity contribution is -0.141. The molecule has 22 heavy (non-hydrogen) atoms. The molecule has 1 heterocycles. The van der Waals surface area contributed by atoms with Crippen molar-refractivity contribution in [3.8, 4) is 0 Å². The molecule has 2 rings (SSSR count). The highest BCUT2D eigenvalue weighted by atomic mass is 16.2. The molecule has 0 saturated carbocycles. The summed E-state index contributed by atoms with van der Waals surface area (Å²) >= 11 is 0. The summed E-state index contributed by atoms with van der Waals surface area (Å²) < 4.78 is 0. The van der Waals surface area contributed by atoms with Crippen molar-refractivity contribution in [2.75, 3.05) is 44.7 Å². The Bertz CT molecular complexity index is 539. The van der Waals surface area contributed by atoms with Crippen molar-refractivity contribution in [1.29, 1.82) is 0 Å². The van der Waals surface area contributed by atoms with Crippen LogP contribution in [-0.4, -0.2) is 61.5 Å². The normalized spacial score (nSPS) is 16.3. The largest absolute Gasteiger partial charge is 0.324 e. The van der Waals surface area contributed by atoms with E-state index in [0.717, 1.165) is 37.4 Å². The van der Waals surface area contributed by atoms with Crippen LogP contribution >= 0.6 is 0 Å². The quantitative estimate of drug-likeness (QED) is 0.832. The first kappa shape index (κ1) is 16.5. The SMILES string of the molecule is CCN(C(=O)C(=O)NN1CCN(C)CC1)c1cccc(C)c1. The van der Waals surface area contributed by atoms with E-state index in [9.17, 15) is 9.59 Å². The fraction of sp³-hybridized carbons (Fsp3) is 0.500. The number of nitrogens with one attached hydrogen (secondary N) is 1. The third-order valence-corrected chi connectivity index (χ3v) is 3.83. The van der Waals surface area contributed by atoms with Crippen molar-refractivity contribution in [3.05, 3.63) is 29.8 Å². The second kappa shape index (κ2) is 7.38. The number of carbonyl (C=O) groups is 2. The van der Waals surface area contributed by atoms with E-state index in [4.69, 9.17) is 0 Å². The summed E-state index contributed by atoms with van der Waals surface area (Å²) in [6.45, 7) is 7.50. The van der Waals surface area contributed by atoms with Crippen LogP contribution in [0.15, 0.2) is 24.3 Å². The van der Waals surface area contributed by atoms with E-state index in [-0.39, 0.29) is 0 Å². The van der Waals surface area contributed by atoms with Gasteiger partial charge in [-0.2, -0.15) is 0 Å². The van der Waals surface area contributed by atoms with E-state index in [0.29, 0.717) is 6.54 Å². The smallest absolute Gasteiger partial charge is 0.304 e. The molecule has 1 saturated heterocycles. The van der Waals surface area contributed by atoms with Crippen molar-refractivity contribution in [2.45, 2.75) is 13.8 Å². The summed E-state index contributed by atoms with van der Waals surface area (Å²) in [5, 5.41) is 1.81. The highest BCUT2D eigenvalue weighted by molar-refractivity contribution is 6.40. The molecule has 0 aliphatic carbocycles. The number of hydrogen-bond acceptors (Lipinski definition) is 4. The zero-order chi connectivity index (χ0) is 16.1. The Morgan fingerprint density at radius 1 is 1.23 bits per heavy atom. The van der Waals surface area contributed by atoms with Gasteiger partial charge in [-0.15, -0.1) is 0 Å². The van der Waals surface area contributed by atoms with Gasteiger partial charge in [0.25, 0.3) is 0 Å². The van der Waals surface area contributed by atoms with Crippen LogP contribution in [0, 0.1) is 6.92 Å². The molecule has 6 nitrogen and oxygen atoms in total. The molecule has 1 aliphatic heterocycles. The molecule has 1 aliphatic rings. The summed E-state index contributed by atoms with van der Waals surface area (Å²) in [7, 11) is 2.04. The second-order valence-corrected chi connectivity index (χ2v) is 5.62. The van der Waals surface area contributed by atoms with Gasteiger partial charge in [0, 0.05) is 38.4 Å². The second-order valence-electron chi connectivity index (χ2n) is 5.62. The third kappa shape index (κ3) is 4.05. The molecular weight excluding hydrogens is 280 g/mol. The van der Waals surface area contributed by atoms with E-state index in [1.54, 1.807) is 0 Å².